The zero-order chi connectivity index (χ0) is 12.1. The summed E-state index contributed by atoms with van der Waals surface area (Å²) in [6, 6.07) is 6.66. The van der Waals surface area contributed by atoms with Gasteiger partial charge in [-0.25, -0.2) is 0 Å². The number of carbonyl (C=O) groups is 2. The van der Waals surface area contributed by atoms with Gasteiger partial charge < -0.3 is 16.2 Å². The van der Waals surface area contributed by atoms with Gasteiger partial charge in [0.25, 0.3) is 0 Å². The van der Waals surface area contributed by atoms with Crippen molar-refractivity contribution in [2.75, 3.05) is 11.1 Å². The van der Waals surface area contributed by atoms with Crippen molar-refractivity contribution in [1.29, 1.82) is 0 Å². The van der Waals surface area contributed by atoms with Crippen molar-refractivity contribution in [3.05, 3.63) is 24.3 Å². The van der Waals surface area contributed by atoms with Gasteiger partial charge in [-0.05, 0) is 24.3 Å². The van der Waals surface area contributed by atoms with Crippen molar-refractivity contribution in [2.45, 2.75) is 13.3 Å². The molecule has 0 saturated heterocycles. The Hall–Kier alpha value is -2.04. The molecule has 0 aliphatic carbocycles. The number of nitrogens with one attached hydrogen (secondary N) is 1. The molecule has 5 heteroatoms. The number of carboxylic acids is 1. The number of rotatable bonds is 4. The molecule has 5 nitrogen and oxygen atoms in total. The summed E-state index contributed by atoms with van der Waals surface area (Å²) in [5.74, 6) is -1.99. The largest absolute Gasteiger partial charge is 0.481 e. The molecule has 1 aromatic rings. The van der Waals surface area contributed by atoms with Gasteiger partial charge in [0.15, 0.2) is 0 Å². The van der Waals surface area contributed by atoms with Crippen molar-refractivity contribution in [2.24, 2.45) is 5.92 Å². The van der Waals surface area contributed by atoms with Gasteiger partial charge in [-0.3, -0.25) is 9.59 Å². The van der Waals surface area contributed by atoms with E-state index < -0.39 is 11.9 Å². The summed E-state index contributed by atoms with van der Waals surface area (Å²) in [6.45, 7) is 1.49. The second-order valence-corrected chi connectivity index (χ2v) is 3.61. The topological polar surface area (TPSA) is 92.4 Å². The lowest BCUT2D eigenvalue weighted by Gasteiger charge is -2.07. The molecule has 1 atom stereocenters. The zero-order valence-electron chi connectivity index (χ0n) is 8.93. The Labute approximate surface area is 93.3 Å². The first-order valence-corrected chi connectivity index (χ1v) is 4.87. The molecule has 1 aromatic carbocycles. The highest BCUT2D eigenvalue weighted by atomic mass is 16.4. The van der Waals surface area contributed by atoms with Crippen LogP contribution in [0.2, 0.25) is 0 Å². The number of nitrogen functional groups attached to an aromatic ring is 1. The standard InChI is InChI=1S/C11H14N2O3/c1-7(11(15)16)6-10(14)13-9-4-2-8(12)3-5-9/h2-5,7H,6,12H2,1H3,(H,13,14)(H,15,16). The van der Waals surface area contributed by atoms with Gasteiger partial charge in [0.2, 0.25) is 5.91 Å². The van der Waals surface area contributed by atoms with E-state index >= 15 is 0 Å². The summed E-state index contributed by atoms with van der Waals surface area (Å²) in [5, 5.41) is 11.2. The molecule has 0 fully saturated rings. The molecule has 1 amide bonds. The molecule has 0 saturated carbocycles. The SMILES string of the molecule is CC(CC(=O)Nc1ccc(N)cc1)C(=O)O. The molecular formula is C11H14N2O3. The lowest BCUT2D eigenvalue weighted by atomic mass is 10.1. The molecule has 0 aliphatic heterocycles. The molecule has 0 radical (unpaired) electrons. The number of carboxylic acid groups (broad SMARTS) is 1. The molecule has 0 spiro atoms. The molecule has 0 aliphatic rings. The Kier molecular flexibility index (Phi) is 3.88. The van der Waals surface area contributed by atoms with E-state index in [4.69, 9.17) is 10.8 Å². The number of aliphatic carboxylic acids is 1. The summed E-state index contributed by atoms with van der Waals surface area (Å²) >= 11 is 0. The number of amides is 1. The van der Waals surface area contributed by atoms with Crippen LogP contribution in [0.3, 0.4) is 0 Å². The molecule has 0 heterocycles. The fraction of sp³-hybridized carbons (Fsp3) is 0.273. The molecule has 1 rings (SSSR count). The Morgan fingerprint density at radius 3 is 2.44 bits per heavy atom. The highest BCUT2D eigenvalue weighted by Gasteiger charge is 2.15. The number of carbonyl (C=O) groups excluding carboxylic acids is 1. The second-order valence-electron chi connectivity index (χ2n) is 3.61. The third-order valence-corrected chi connectivity index (χ3v) is 2.11. The highest BCUT2D eigenvalue weighted by Crippen LogP contribution is 2.12. The minimum absolute atomic E-state index is 0.0420. The van der Waals surface area contributed by atoms with Crippen LogP contribution in [0.25, 0.3) is 0 Å². The van der Waals surface area contributed by atoms with Crippen LogP contribution in [0.15, 0.2) is 24.3 Å². The van der Waals surface area contributed by atoms with Crippen molar-refractivity contribution in [3.8, 4) is 0 Å². The minimum Gasteiger partial charge on any atom is -0.481 e. The Bertz CT molecular complexity index is 387. The first kappa shape index (κ1) is 12.0. The van der Waals surface area contributed by atoms with Gasteiger partial charge in [-0.15, -0.1) is 0 Å². The van der Waals surface area contributed by atoms with Crippen LogP contribution in [0.1, 0.15) is 13.3 Å². The molecular weight excluding hydrogens is 208 g/mol. The highest BCUT2D eigenvalue weighted by molar-refractivity contribution is 5.93. The maximum atomic E-state index is 11.4. The monoisotopic (exact) mass is 222 g/mol. The lowest BCUT2D eigenvalue weighted by molar-refractivity contribution is -0.142. The quantitative estimate of drug-likeness (QED) is 0.670. The van der Waals surface area contributed by atoms with E-state index in [2.05, 4.69) is 5.32 Å². The molecule has 0 bridgehead atoms. The summed E-state index contributed by atoms with van der Waals surface area (Å²) in [4.78, 5) is 21.9. The number of nitrogens with two attached hydrogens (primary N) is 1. The van der Waals surface area contributed by atoms with E-state index in [1.807, 2.05) is 0 Å². The smallest absolute Gasteiger partial charge is 0.306 e. The van der Waals surface area contributed by atoms with E-state index in [0.29, 0.717) is 11.4 Å². The van der Waals surface area contributed by atoms with Crippen LogP contribution >= 0.6 is 0 Å². The summed E-state index contributed by atoms with van der Waals surface area (Å²) in [7, 11) is 0. The average Bonchev–Trinajstić information content (AvgIpc) is 2.21. The Balaban J connectivity index is 2.52. The number of benzene rings is 1. The predicted molar refractivity (Wildman–Crippen MR) is 60.9 cm³/mol. The third-order valence-electron chi connectivity index (χ3n) is 2.11. The van der Waals surface area contributed by atoms with Crippen LogP contribution in [0.4, 0.5) is 11.4 Å². The van der Waals surface area contributed by atoms with Gasteiger partial charge in [-0.2, -0.15) is 0 Å². The van der Waals surface area contributed by atoms with Crippen molar-refractivity contribution < 1.29 is 14.7 Å². The van der Waals surface area contributed by atoms with Gasteiger partial charge in [0.1, 0.15) is 0 Å². The number of anilines is 2. The van der Waals surface area contributed by atoms with Crippen LogP contribution in [-0.2, 0) is 9.59 Å². The predicted octanol–water partition coefficient (Wildman–Crippen LogP) is 1.32. The number of hydrogen-bond acceptors (Lipinski definition) is 3. The van der Waals surface area contributed by atoms with Crippen LogP contribution in [0, 0.1) is 5.92 Å². The van der Waals surface area contributed by atoms with Crippen LogP contribution in [-0.4, -0.2) is 17.0 Å². The Morgan fingerprint density at radius 1 is 1.38 bits per heavy atom. The first-order valence-electron chi connectivity index (χ1n) is 4.87. The normalized spacial score (nSPS) is 11.8. The summed E-state index contributed by atoms with van der Waals surface area (Å²) in [5.41, 5.74) is 6.70. The molecule has 86 valence electrons. The van der Waals surface area contributed by atoms with E-state index in [0.717, 1.165) is 0 Å². The van der Waals surface area contributed by atoms with Gasteiger partial charge in [0, 0.05) is 17.8 Å². The fourth-order valence-corrected chi connectivity index (χ4v) is 1.14. The van der Waals surface area contributed by atoms with Gasteiger partial charge in [-0.1, -0.05) is 6.92 Å². The number of hydrogen-bond donors (Lipinski definition) is 3. The van der Waals surface area contributed by atoms with Crippen LogP contribution < -0.4 is 11.1 Å². The van der Waals surface area contributed by atoms with Crippen molar-refractivity contribution in [3.63, 3.8) is 0 Å². The maximum Gasteiger partial charge on any atom is 0.306 e. The van der Waals surface area contributed by atoms with E-state index in [1.54, 1.807) is 24.3 Å². The average molecular weight is 222 g/mol. The van der Waals surface area contributed by atoms with Gasteiger partial charge in [0.05, 0.1) is 5.92 Å². The van der Waals surface area contributed by atoms with E-state index in [9.17, 15) is 9.59 Å². The summed E-state index contributed by atoms with van der Waals surface area (Å²) in [6.07, 6.45) is -0.0420. The summed E-state index contributed by atoms with van der Waals surface area (Å²) < 4.78 is 0. The fourth-order valence-electron chi connectivity index (χ4n) is 1.14. The van der Waals surface area contributed by atoms with Crippen molar-refractivity contribution in [1.82, 2.24) is 0 Å². The molecule has 1 unspecified atom stereocenters. The lowest BCUT2D eigenvalue weighted by Crippen LogP contribution is -2.19. The minimum atomic E-state index is -0.979. The molecule has 4 N–H and O–H groups in total. The Morgan fingerprint density at radius 2 is 1.94 bits per heavy atom. The third kappa shape index (κ3) is 3.61. The first-order chi connectivity index (χ1) is 7.49. The zero-order valence-corrected chi connectivity index (χ0v) is 8.93. The van der Waals surface area contributed by atoms with E-state index in [-0.39, 0.29) is 12.3 Å². The van der Waals surface area contributed by atoms with E-state index in [1.165, 1.54) is 6.92 Å². The molecule has 16 heavy (non-hydrogen) atoms. The van der Waals surface area contributed by atoms with Gasteiger partial charge >= 0.3 is 5.97 Å². The molecule has 0 aromatic heterocycles. The van der Waals surface area contributed by atoms with Crippen molar-refractivity contribution >= 4 is 23.3 Å². The van der Waals surface area contributed by atoms with Crippen LogP contribution in [0.5, 0.6) is 0 Å². The maximum absolute atomic E-state index is 11.4. The second kappa shape index (κ2) is 5.16.